The van der Waals surface area contributed by atoms with Gasteiger partial charge in [-0.2, -0.15) is 19.0 Å². The molecule has 1 N–H and O–H groups in total. The van der Waals surface area contributed by atoms with Crippen molar-refractivity contribution in [1.82, 2.24) is 58.7 Å². The number of benzene rings is 2. The number of fused-ring (bicyclic) bond motifs is 8. The Balaban J connectivity index is 0.000000151. The van der Waals surface area contributed by atoms with Gasteiger partial charge in [0.15, 0.2) is 36.2 Å². The average molecular weight is 969 g/mol. The maximum Gasteiger partial charge on any atom is 0.387 e. The number of rotatable bonds is 8. The van der Waals surface area contributed by atoms with Crippen molar-refractivity contribution in [3.05, 3.63) is 98.1 Å². The zero-order valence-electron chi connectivity index (χ0n) is 36.6. The van der Waals surface area contributed by atoms with Gasteiger partial charge < -0.3 is 29.1 Å². The van der Waals surface area contributed by atoms with E-state index in [0.29, 0.717) is 49.9 Å². The van der Waals surface area contributed by atoms with Crippen LogP contribution in [-0.4, -0.2) is 110 Å². The number of hydrogen-bond acceptors (Lipinski definition) is 16. The lowest BCUT2D eigenvalue weighted by Gasteiger charge is -2.26. The van der Waals surface area contributed by atoms with Crippen molar-refractivity contribution >= 4 is 79.8 Å². The second kappa shape index (κ2) is 17.0. The van der Waals surface area contributed by atoms with Gasteiger partial charge in [0.25, 0.3) is 11.8 Å². The molecule has 69 heavy (non-hydrogen) atoms. The van der Waals surface area contributed by atoms with Gasteiger partial charge in [-0.25, -0.2) is 0 Å². The molecule has 0 fully saturated rings. The lowest BCUT2D eigenvalue weighted by Crippen LogP contribution is -2.35. The molecule has 346 valence electrons. The molecule has 2 aliphatic rings. The van der Waals surface area contributed by atoms with Crippen LogP contribution in [0, 0.1) is 0 Å². The highest BCUT2D eigenvalue weighted by Gasteiger charge is 2.27. The summed E-state index contributed by atoms with van der Waals surface area (Å²) in [7, 11) is 7.00. The van der Waals surface area contributed by atoms with Crippen molar-refractivity contribution in [2.75, 3.05) is 37.1 Å². The summed E-state index contributed by atoms with van der Waals surface area (Å²) in [5, 5.41) is 38.2. The minimum Gasteiger partial charge on any atom is -0.504 e. The fourth-order valence-corrected chi connectivity index (χ4v) is 9.49. The van der Waals surface area contributed by atoms with E-state index >= 15 is 0 Å². The number of halogens is 2. The van der Waals surface area contributed by atoms with Crippen LogP contribution in [0.5, 0.6) is 23.0 Å². The molecule has 10 aromatic rings. The summed E-state index contributed by atoms with van der Waals surface area (Å²) in [6.07, 6.45) is 13.9. The van der Waals surface area contributed by atoms with Gasteiger partial charge in [-0.05, 0) is 72.1 Å². The Kier molecular flexibility index (Phi) is 10.7. The number of nitrogens with zero attached hydrogens (tertiary/aromatic N) is 14. The number of carbonyl (C=O) groups excluding carboxylic acids is 2. The molecule has 12 rings (SSSR count). The highest BCUT2D eigenvalue weighted by atomic mass is 32.2. The molecule has 2 amide bonds. The second-order valence-corrected chi connectivity index (χ2v) is 17.8. The van der Waals surface area contributed by atoms with Crippen LogP contribution in [0.15, 0.2) is 118 Å². The van der Waals surface area contributed by atoms with E-state index in [1.165, 1.54) is 34.5 Å². The zero-order valence-corrected chi connectivity index (χ0v) is 38.2. The molecule has 8 aromatic heterocycles. The van der Waals surface area contributed by atoms with Gasteiger partial charge in [0.05, 0.1) is 35.8 Å². The molecular formula is C45H34F2N14O6S2. The molecule has 0 aliphatic carbocycles. The van der Waals surface area contributed by atoms with Crippen molar-refractivity contribution in [3.63, 3.8) is 0 Å². The maximum atomic E-state index is 13.1. The summed E-state index contributed by atoms with van der Waals surface area (Å²) < 4.78 is 49.2. The van der Waals surface area contributed by atoms with E-state index in [0.717, 1.165) is 42.8 Å². The van der Waals surface area contributed by atoms with Crippen molar-refractivity contribution in [3.8, 4) is 45.3 Å². The number of aromatic nitrogens is 12. The van der Waals surface area contributed by atoms with Crippen LogP contribution in [0.1, 0.15) is 0 Å². The molecule has 24 heteroatoms. The Morgan fingerprint density at radius 2 is 1.12 bits per heavy atom. The third-order valence-corrected chi connectivity index (χ3v) is 13.2. The van der Waals surface area contributed by atoms with Crippen LogP contribution in [0.2, 0.25) is 0 Å². The van der Waals surface area contributed by atoms with E-state index < -0.39 is 6.61 Å². The van der Waals surface area contributed by atoms with Gasteiger partial charge in [0.2, 0.25) is 21.6 Å². The first-order chi connectivity index (χ1) is 33.3. The number of anilines is 2. The van der Waals surface area contributed by atoms with Crippen molar-refractivity contribution < 1.29 is 37.7 Å². The Hall–Kier alpha value is -8.38. The zero-order chi connectivity index (χ0) is 47.7. The van der Waals surface area contributed by atoms with Crippen molar-refractivity contribution in [2.24, 2.45) is 14.1 Å². The standard InChI is InChI=1S/C23H17F2N7O3S.C22H17N7O3S/c1-30-9-13(7-27-30)12-5-18(35-22(24)25)21-28-29-23(32(21)10-12)36-14-3-4-16-15(6-14)20-17(8-26-16)31(2)19(33)11-34-20;1-27-9-13(7-24-27)12-5-18(30)21-25-26-22(29(21)10-12)33-14-3-4-16-15(6-14)20-17(8-23-16)28(2)19(31)11-32-20/h3-10,22H,11H2,1-2H3;3-10,30H,11H2,1-2H3. The first-order valence-electron chi connectivity index (χ1n) is 20.7. The third kappa shape index (κ3) is 7.97. The fraction of sp³-hybridized carbons (Fsp3) is 0.156. The molecule has 0 saturated heterocycles. The minimum absolute atomic E-state index is 0.00873. The maximum absolute atomic E-state index is 13.1. The Morgan fingerprint density at radius 3 is 1.61 bits per heavy atom. The van der Waals surface area contributed by atoms with Crippen LogP contribution >= 0.6 is 23.5 Å². The molecule has 0 atom stereocenters. The summed E-state index contributed by atoms with van der Waals surface area (Å²) in [6, 6.07) is 14.5. The Morgan fingerprint density at radius 1 is 0.623 bits per heavy atom. The van der Waals surface area contributed by atoms with E-state index in [1.54, 1.807) is 87.5 Å². The van der Waals surface area contributed by atoms with E-state index in [1.807, 2.05) is 55.8 Å². The SMILES string of the molecule is CN1C(=O)COc2c1cnc1ccc(Sc3nnc4c(O)cc(-c5cnn(C)c5)cn34)cc21.CN1C(=O)COc2c1cnc1ccc(Sc3nnc4c(OC(F)F)cc(-c5cnn(C)c5)cn34)cc21. The first-order valence-corrected chi connectivity index (χ1v) is 22.4. The normalized spacial score (nSPS) is 13.5. The number of likely N-dealkylation sites (N-methyl/N-ethyl adjacent to an activating group) is 2. The number of hydrogen-bond donors (Lipinski definition) is 1. The summed E-state index contributed by atoms with van der Waals surface area (Å²) in [4.78, 5) is 37.7. The molecule has 0 radical (unpaired) electrons. The molecule has 0 unspecified atom stereocenters. The molecule has 0 bridgehead atoms. The Bertz CT molecular complexity index is 3710. The molecule has 2 aromatic carbocycles. The third-order valence-electron chi connectivity index (χ3n) is 11.3. The number of carbonyl (C=O) groups is 2. The largest absolute Gasteiger partial charge is 0.504 e. The average Bonchev–Trinajstić information content (AvgIpc) is 4.17. The van der Waals surface area contributed by atoms with E-state index in [2.05, 4.69) is 40.6 Å². The Labute approximate surface area is 396 Å². The van der Waals surface area contributed by atoms with Crippen molar-refractivity contribution in [2.45, 2.75) is 26.7 Å². The number of aromatic hydroxyl groups is 1. The quantitative estimate of drug-likeness (QED) is 0.168. The minimum atomic E-state index is -3.02. The van der Waals surface area contributed by atoms with Crippen molar-refractivity contribution in [1.29, 1.82) is 0 Å². The summed E-state index contributed by atoms with van der Waals surface area (Å²) in [6.45, 7) is -3.08. The van der Waals surface area contributed by atoms with E-state index in [4.69, 9.17) is 14.2 Å². The lowest BCUT2D eigenvalue weighted by atomic mass is 10.1. The molecule has 0 saturated carbocycles. The summed E-state index contributed by atoms with van der Waals surface area (Å²) >= 11 is 2.69. The molecule has 10 heterocycles. The van der Waals surface area contributed by atoms with Crippen LogP contribution in [0.4, 0.5) is 20.2 Å². The van der Waals surface area contributed by atoms with Crippen LogP contribution in [0.3, 0.4) is 0 Å². The van der Waals surface area contributed by atoms with Crippen LogP contribution in [0.25, 0.3) is 55.4 Å². The van der Waals surface area contributed by atoms with E-state index in [-0.39, 0.29) is 42.2 Å². The van der Waals surface area contributed by atoms with Gasteiger partial charge in [0, 0.05) is 95.8 Å². The smallest absolute Gasteiger partial charge is 0.387 e. The molecule has 20 nitrogen and oxygen atoms in total. The highest BCUT2D eigenvalue weighted by Crippen LogP contribution is 2.42. The number of pyridine rings is 4. The van der Waals surface area contributed by atoms with E-state index in [9.17, 15) is 23.5 Å². The van der Waals surface area contributed by atoms with Gasteiger partial charge in [-0.15, -0.1) is 20.4 Å². The van der Waals surface area contributed by atoms with Crippen LogP contribution < -0.4 is 24.0 Å². The van der Waals surface area contributed by atoms with Gasteiger partial charge in [-0.3, -0.25) is 37.7 Å². The predicted octanol–water partition coefficient (Wildman–Crippen LogP) is 6.68. The number of alkyl halides is 2. The summed E-state index contributed by atoms with van der Waals surface area (Å²) in [5.41, 5.74) is 6.24. The number of ether oxygens (including phenoxy) is 3. The van der Waals surface area contributed by atoms with Gasteiger partial charge >= 0.3 is 6.61 Å². The topological polar surface area (TPSA) is 210 Å². The lowest BCUT2D eigenvalue weighted by molar-refractivity contribution is -0.121. The molecule has 2 aliphatic heterocycles. The number of amides is 2. The molecular weight excluding hydrogens is 935 g/mol. The monoisotopic (exact) mass is 968 g/mol. The van der Waals surface area contributed by atoms with Crippen LogP contribution in [-0.2, 0) is 23.7 Å². The fourth-order valence-electron chi connectivity index (χ4n) is 7.80. The predicted molar refractivity (Wildman–Crippen MR) is 248 cm³/mol. The number of aryl methyl sites for hydroxylation is 2. The first kappa shape index (κ1) is 43.2. The summed E-state index contributed by atoms with van der Waals surface area (Å²) in [5.74, 6) is 0.871. The van der Waals surface area contributed by atoms with Gasteiger partial charge in [-0.1, -0.05) is 0 Å². The highest BCUT2D eigenvalue weighted by molar-refractivity contribution is 7.99. The van der Waals surface area contributed by atoms with Gasteiger partial charge in [0.1, 0.15) is 11.4 Å². The second-order valence-electron chi connectivity index (χ2n) is 15.7. The molecule has 0 spiro atoms.